The average molecular weight is 420 g/mol. The van der Waals surface area contributed by atoms with Gasteiger partial charge in [-0.15, -0.1) is 0 Å². The first-order chi connectivity index (χ1) is 12.4. The number of aromatic nitrogens is 2. The van der Waals surface area contributed by atoms with Gasteiger partial charge in [-0.1, -0.05) is 34.8 Å². The third kappa shape index (κ3) is 3.92. The van der Waals surface area contributed by atoms with E-state index in [9.17, 15) is 9.18 Å². The van der Waals surface area contributed by atoms with Crippen LogP contribution in [0.25, 0.3) is 0 Å². The largest absolute Gasteiger partial charge is 0.367 e. The molecule has 0 spiro atoms. The number of amides is 1. The van der Waals surface area contributed by atoms with Gasteiger partial charge in [0.15, 0.2) is 0 Å². The summed E-state index contributed by atoms with van der Waals surface area (Å²) in [7, 11) is 0. The summed E-state index contributed by atoms with van der Waals surface area (Å²) in [6.45, 7) is 3.50. The van der Waals surface area contributed by atoms with Gasteiger partial charge >= 0.3 is 0 Å². The number of hydrogen-bond donors (Lipinski definition) is 0. The van der Waals surface area contributed by atoms with Gasteiger partial charge in [-0.2, -0.15) is 5.10 Å². The summed E-state index contributed by atoms with van der Waals surface area (Å²) in [6, 6.07) is 5.39. The Kier molecular flexibility index (Phi) is 5.95. The maximum Gasteiger partial charge on any atom is 0.244 e. The van der Waals surface area contributed by atoms with Crippen molar-refractivity contribution >= 4 is 46.4 Å². The number of benzene rings is 1. The molecule has 1 amide bonds. The van der Waals surface area contributed by atoms with Crippen molar-refractivity contribution in [1.82, 2.24) is 14.7 Å². The Hall–Kier alpha value is -1.50. The molecule has 2 heterocycles. The van der Waals surface area contributed by atoms with E-state index < -0.39 is 6.67 Å². The lowest BCUT2D eigenvalue weighted by Crippen LogP contribution is -2.49. The van der Waals surface area contributed by atoms with Crippen molar-refractivity contribution in [3.8, 4) is 0 Å². The fraction of sp³-hybridized carbons (Fsp3) is 0.412. The Morgan fingerprint density at radius 2 is 1.88 bits per heavy atom. The number of carbonyl (C=O) groups excluding carboxylic acids is 1. The summed E-state index contributed by atoms with van der Waals surface area (Å²) in [5.74, 6) is -0.0699. The molecule has 2 aromatic rings. The fourth-order valence-electron chi connectivity index (χ4n) is 2.99. The standard InChI is InChI=1S/C17H18Cl3FN4O/c1-11-17(20)14(9-21)22-25(11)10-16(26)24-6-4-23(5-7-24)15-3-2-12(18)8-13(15)19/h2-3,8H,4-7,9-10H2,1H3. The maximum absolute atomic E-state index is 12.9. The number of anilines is 1. The molecular formula is C17H18Cl3FN4O. The Balaban J connectivity index is 1.62. The smallest absolute Gasteiger partial charge is 0.244 e. The third-order valence-corrected chi connectivity index (χ3v) is 5.52. The van der Waals surface area contributed by atoms with Crippen molar-refractivity contribution in [2.45, 2.75) is 20.1 Å². The van der Waals surface area contributed by atoms with E-state index in [4.69, 9.17) is 34.8 Å². The van der Waals surface area contributed by atoms with E-state index >= 15 is 0 Å². The van der Waals surface area contributed by atoms with Crippen LogP contribution in [0.5, 0.6) is 0 Å². The average Bonchev–Trinajstić information content (AvgIpc) is 2.90. The number of carbonyl (C=O) groups is 1. The monoisotopic (exact) mass is 418 g/mol. The first-order valence-corrected chi connectivity index (χ1v) is 9.29. The molecule has 5 nitrogen and oxygen atoms in total. The van der Waals surface area contributed by atoms with E-state index in [0.717, 1.165) is 5.69 Å². The third-order valence-electron chi connectivity index (χ3n) is 4.49. The number of hydrogen-bond acceptors (Lipinski definition) is 3. The van der Waals surface area contributed by atoms with Crippen LogP contribution in [0.1, 0.15) is 11.4 Å². The van der Waals surface area contributed by atoms with E-state index in [0.29, 0.717) is 41.9 Å². The van der Waals surface area contributed by atoms with E-state index in [-0.39, 0.29) is 23.2 Å². The van der Waals surface area contributed by atoms with Crippen molar-refractivity contribution in [2.75, 3.05) is 31.1 Å². The molecule has 0 N–H and O–H groups in total. The van der Waals surface area contributed by atoms with E-state index in [1.165, 1.54) is 4.68 Å². The number of halogens is 4. The highest BCUT2D eigenvalue weighted by Crippen LogP contribution is 2.29. The highest BCUT2D eigenvalue weighted by atomic mass is 35.5. The van der Waals surface area contributed by atoms with Gasteiger partial charge in [0.2, 0.25) is 5.91 Å². The number of nitrogens with zero attached hydrogens (tertiary/aromatic N) is 4. The lowest BCUT2D eigenvalue weighted by molar-refractivity contribution is -0.132. The van der Waals surface area contributed by atoms with Gasteiger partial charge in [0.05, 0.1) is 21.4 Å². The van der Waals surface area contributed by atoms with Gasteiger partial charge in [0.1, 0.15) is 18.9 Å². The molecule has 1 aliphatic heterocycles. The molecule has 0 bridgehead atoms. The Morgan fingerprint density at radius 3 is 2.46 bits per heavy atom. The summed E-state index contributed by atoms with van der Waals surface area (Å²) in [4.78, 5) is 16.4. The second-order valence-electron chi connectivity index (χ2n) is 6.10. The summed E-state index contributed by atoms with van der Waals surface area (Å²) in [5.41, 5.74) is 1.67. The van der Waals surface area contributed by atoms with Crippen LogP contribution < -0.4 is 4.90 Å². The van der Waals surface area contributed by atoms with Gasteiger partial charge < -0.3 is 9.80 Å². The summed E-state index contributed by atoms with van der Waals surface area (Å²) in [5, 5.41) is 5.53. The minimum Gasteiger partial charge on any atom is -0.367 e. The zero-order valence-corrected chi connectivity index (χ0v) is 16.5. The molecule has 0 saturated carbocycles. The van der Waals surface area contributed by atoms with Crippen LogP contribution in [-0.4, -0.2) is 46.8 Å². The van der Waals surface area contributed by atoms with E-state index in [1.807, 2.05) is 6.07 Å². The van der Waals surface area contributed by atoms with E-state index in [1.54, 1.807) is 24.0 Å². The molecular weight excluding hydrogens is 402 g/mol. The van der Waals surface area contributed by atoms with Crippen molar-refractivity contribution in [3.05, 3.63) is 44.7 Å². The predicted octanol–water partition coefficient (Wildman–Crippen LogP) is 3.97. The van der Waals surface area contributed by atoms with Crippen LogP contribution >= 0.6 is 34.8 Å². The van der Waals surface area contributed by atoms with Gasteiger partial charge in [0.25, 0.3) is 0 Å². The van der Waals surface area contributed by atoms with Crippen LogP contribution in [0.3, 0.4) is 0 Å². The SMILES string of the molecule is Cc1c(Cl)c(CF)nn1CC(=O)N1CCN(c2ccc(Cl)cc2Cl)CC1. The first-order valence-electron chi connectivity index (χ1n) is 8.16. The quantitative estimate of drug-likeness (QED) is 0.753. The Morgan fingerprint density at radius 1 is 1.19 bits per heavy atom. The second kappa shape index (κ2) is 8.03. The summed E-state index contributed by atoms with van der Waals surface area (Å²) < 4.78 is 14.3. The molecule has 1 aromatic carbocycles. The number of piperazine rings is 1. The van der Waals surface area contributed by atoms with Crippen molar-refractivity contribution in [2.24, 2.45) is 0 Å². The Bertz CT molecular complexity index is 819. The van der Waals surface area contributed by atoms with Crippen molar-refractivity contribution in [1.29, 1.82) is 0 Å². The van der Waals surface area contributed by atoms with Crippen molar-refractivity contribution < 1.29 is 9.18 Å². The van der Waals surface area contributed by atoms with E-state index in [2.05, 4.69) is 10.00 Å². The molecule has 26 heavy (non-hydrogen) atoms. The molecule has 3 rings (SSSR count). The summed E-state index contributed by atoms with van der Waals surface area (Å²) in [6.07, 6.45) is 0. The lowest BCUT2D eigenvalue weighted by atomic mass is 10.2. The second-order valence-corrected chi connectivity index (χ2v) is 7.32. The number of rotatable bonds is 4. The zero-order chi connectivity index (χ0) is 18.8. The maximum atomic E-state index is 12.9. The zero-order valence-electron chi connectivity index (χ0n) is 14.2. The molecule has 140 valence electrons. The first kappa shape index (κ1) is 19.3. The molecule has 1 fully saturated rings. The van der Waals surface area contributed by atoms with Crippen LogP contribution in [0.4, 0.5) is 10.1 Å². The van der Waals surface area contributed by atoms with Crippen LogP contribution in [0.15, 0.2) is 18.2 Å². The Labute approximate surface area is 166 Å². The van der Waals surface area contributed by atoms with Crippen molar-refractivity contribution in [3.63, 3.8) is 0 Å². The number of alkyl halides is 1. The highest BCUT2D eigenvalue weighted by Gasteiger charge is 2.24. The molecule has 0 unspecified atom stereocenters. The molecule has 1 aliphatic rings. The molecule has 9 heteroatoms. The van der Waals surface area contributed by atoms with Gasteiger partial charge in [-0.05, 0) is 25.1 Å². The highest BCUT2D eigenvalue weighted by molar-refractivity contribution is 6.36. The molecule has 0 atom stereocenters. The molecule has 0 aliphatic carbocycles. The fourth-order valence-corrected chi connectivity index (χ4v) is 3.70. The molecule has 1 saturated heterocycles. The van der Waals surface area contributed by atoms with Crippen LogP contribution in [0.2, 0.25) is 15.1 Å². The lowest BCUT2D eigenvalue weighted by Gasteiger charge is -2.36. The minimum absolute atomic E-state index is 0.0489. The van der Waals surface area contributed by atoms with Crippen LogP contribution in [-0.2, 0) is 18.0 Å². The molecule has 0 radical (unpaired) electrons. The predicted molar refractivity (Wildman–Crippen MR) is 102 cm³/mol. The minimum atomic E-state index is -0.749. The van der Waals surface area contributed by atoms with Gasteiger partial charge in [-0.3, -0.25) is 9.48 Å². The normalized spacial score (nSPS) is 14.8. The van der Waals surface area contributed by atoms with Gasteiger partial charge in [0, 0.05) is 31.2 Å². The topological polar surface area (TPSA) is 41.4 Å². The van der Waals surface area contributed by atoms with Gasteiger partial charge in [-0.25, -0.2) is 4.39 Å². The van der Waals surface area contributed by atoms with Crippen LogP contribution in [0, 0.1) is 6.92 Å². The molecule has 1 aromatic heterocycles. The summed E-state index contributed by atoms with van der Waals surface area (Å²) >= 11 is 18.2.